The zero-order chi connectivity index (χ0) is 17.3. The first kappa shape index (κ1) is 16.9. The summed E-state index contributed by atoms with van der Waals surface area (Å²) >= 11 is 6.15. The van der Waals surface area contributed by atoms with E-state index in [1.165, 1.54) is 28.7 Å². The number of phenols is 1. The van der Waals surface area contributed by atoms with Crippen molar-refractivity contribution in [2.75, 3.05) is 13.6 Å². The van der Waals surface area contributed by atoms with Gasteiger partial charge in [-0.3, -0.25) is 0 Å². The van der Waals surface area contributed by atoms with Gasteiger partial charge in [0.1, 0.15) is 5.75 Å². The summed E-state index contributed by atoms with van der Waals surface area (Å²) in [5, 5.41) is 10.6. The Morgan fingerprint density at radius 3 is 2.62 bits per heavy atom. The fourth-order valence-electron chi connectivity index (χ4n) is 4.18. The van der Waals surface area contributed by atoms with Crippen molar-refractivity contribution in [2.45, 2.75) is 31.2 Å². The maximum Gasteiger partial charge on any atom is 0.134 e. The van der Waals surface area contributed by atoms with Gasteiger partial charge in [0.2, 0.25) is 0 Å². The summed E-state index contributed by atoms with van der Waals surface area (Å²) in [4.78, 5) is 2.48. The summed E-state index contributed by atoms with van der Waals surface area (Å²) in [5.74, 6) is 0.530. The second-order valence-electron chi connectivity index (χ2n) is 6.52. The minimum absolute atomic E-state index is 0.201. The monoisotopic (exact) mass is 339 g/mol. The molecule has 2 aromatic rings. The zero-order valence-electron chi connectivity index (χ0n) is 13.9. The number of aryl methyl sites for hydroxylation is 1. The summed E-state index contributed by atoms with van der Waals surface area (Å²) in [7, 11) is 2.22. The van der Waals surface area contributed by atoms with Crippen molar-refractivity contribution in [1.29, 1.82) is 0 Å². The van der Waals surface area contributed by atoms with Crippen LogP contribution in [0.2, 0.25) is 5.02 Å². The molecular formula is C21H22ClNO. The average molecular weight is 340 g/mol. The van der Waals surface area contributed by atoms with Crippen molar-refractivity contribution in [1.82, 2.24) is 4.90 Å². The average Bonchev–Trinajstić information content (AvgIpc) is 2.75. The van der Waals surface area contributed by atoms with Crippen molar-refractivity contribution >= 4 is 11.6 Å². The predicted octanol–water partition coefficient (Wildman–Crippen LogP) is 4.23. The van der Waals surface area contributed by atoms with Crippen LogP contribution in [0, 0.1) is 12.8 Å². The number of nitrogens with zero attached hydrogens (tertiary/aromatic N) is 1. The van der Waals surface area contributed by atoms with E-state index in [0.717, 1.165) is 19.4 Å². The molecule has 0 spiro atoms. The largest absolute Gasteiger partial charge is 0.506 e. The maximum atomic E-state index is 10.1. The molecule has 24 heavy (non-hydrogen) atoms. The predicted molar refractivity (Wildman–Crippen MR) is 99.7 cm³/mol. The fraction of sp³-hybridized carbons (Fsp3) is 0.333. The normalized spacial score (nSPS) is 22.2. The molecule has 4 rings (SSSR count). The van der Waals surface area contributed by atoms with Gasteiger partial charge in [-0.2, -0.15) is 0 Å². The topological polar surface area (TPSA) is 23.5 Å². The van der Waals surface area contributed by atoms with Crippen LogP contribution in [0.15, 0.2) is 36.4 Å². The lowest BCUT2D eigenvalue weighted by atomic mass is 9.74. The highest BCUT2D eigenvalue weighted by atomic mass is 35.5. The minimum atomic E-state index is 0.201. The Morgan fingerprint density at radius 2 is 1.83 bits per heavy atom. The molecule has 0 unspecified atom stereocenters. The second-order valence-corrected chi connectivity index (χ2v) is 6.92. The van der Waals surface area contributed by atoms with Crippen molar-refractivity contribution in [2.24, 2.45) is 0 Å². The Labute approximate surface area is 149 Å². The molecule has 2 aromatic carbocycles. The Hall–Kier alpha value is -1.95. The third kappa shape index (κ3) is 2.79. The smallest absolute Gasteiger partial charge is 0.134 e. The number of hydrogen-bond donors (Lipinski definition) is 1. The van der Waals surface area contributed by atoms with Crippen LogP contribution in [0.4, 0.5) is 0 Å². The zero-order valence-corrected chi connectivity index (χ0v) is 14.6. The number of benzene rings is 2. The van der Waals surface area contributed by atoms with Crippen molar-refractivity contribution in [3.63, 3.8) is 0 Å². The summed E-state index contributed by atoms with van der Waals surface area (Å²) in [5.41, 5.74) is 5.39. The van der Waals surface area contributed by atoms with Crippen LogP contribution >= 0.6 is 11.6 Å². The highest BCUT2D eigenvalue weighted by Gasteiger charge is 2.36. The number of fused-ring (bicyclic) bond motifs is 5. The molecule has 1 N–H and O–H groups in total. The molecule has 1 aliphatic carbocycles. The van der Waals surface area contributed by atoms with Gasteiger partial charge in [-0.25, -0.2) is 0 Å². The highest BCUT2D eigenvalue weighted by Crippen LogP contribution is 2.44. The van der Waals surface area contributed by atoms with Crippen LogP contribution in [0.25, 0.3) is 0 Å². The minimum Gasteiger partial charge on any atom is -0.506 e. The van der Waals surface area contributed by atoms with Crippen molar-refractivity contribution < 1.29 is 5.11 Å². The SMILES string of the molecule is C#C.CN1CCc2cc(Cl)c(O)cc2[C@H]2c3ccccc3CC[C@@H]21. The van der Waals surface area contributed by atoms with Gasteiger partial charge in [0.05, 0.1) is 5.02 Å². The fourth-order valence-corrected chi connectivity index (χ4v) is 4.37. The lowest BCUT2D eigenvalue weighted by molar-refractivity contribution is 0.214. The van der Waals surface area contributed by atoms with Crippen molar-refractivity contribution in [3.05, 3.63) is 63.7 Å². The van der Waals surface area contributed by atoms with Crippen LogP contribution < -0.4 is 0 Å². The number of aromatic hydroxyl groups is 1. The first-order valence-corrected chi connectivity index (χ1v) is 8.65. The molecule has 3 heteroatoms. The van der Waals surface area contributed by atoms with Gasteiger partial charge in [-0.15, -0.1) is 12.8 Å². The third-order valence-corrected chi connectivity index (χ3v) is 5.63. The van der Waals surface area contributed by atoms with Gasteiger partial charge in [-0.1, -0.05) is 35.9 Å². The Bertz CT molecular complexity index is 768. The Morgan fingerprint density at radius 1 is 1.08 bits per heavy atom. The number of halogens is 1. The summed E-state index contributed by atoms with van der Waals surface area (Å²) < 4.78 is 0. The molecule has 2 aliphatic rings. The summed E-state index contributed by atoms with van der Waals surface area (Å²) in [6.07, 6.45) is 11.3. The number of terminal acetylenes is 1. The third-order valence-electron chi connectivity index (χ3n) is 5.33. The Kier molecular flexibility index (Phi) is 4.85. The standard InChI is InChI=1S/C19H20ClNO.C2H2/c1-21-9-8-13-10-16(20)18(22)11-15(13)19-14-5-3-2-4-12(14)6-7-17(19)21;1-2/h2-5,10-11,17,19,22H,6-9H2,1H3;1-2H/t17-,19+;/m0./s1. The van der Waals surface area contributed by atoms with E-state index in [-0.39, 0.29) is 5.75 Å². The molecule has 0 bridgehead atoms. The van der Waals surface area contributed by atoms with Crippen LogP contribution in [-0.4, -0.2) is 29.6 Å². The Balaban J connectivity index is 0.000000815. The van der Waals surface area contributed by atoms with Gasteiger partial charge in [0.25, 0.3) is 0 Å². The summed E-state index contributed by atoms with van der Waals surface area (Å²) in [6, 6.07) is 13.1. The van der Waals surface area contributed by atoms with E-state index in [1.54, 1.807) is 0 Å². The first-order chi connectivity index (χ1) is 11.6. The van der Waals surface area contributed by atoms with E-state index in [4.69, 9.17) is 11.6 Å². The molecule has 124 valence electrons. The second kappa shape index (κ2) is 6.89. The molecular weight excluding hydrogens is 318 g/mol. The molecule has 2 atom stereocenters. The molecule has 0 saturated carbocycles. The van der Waals surface area contributed by atoms with E-state index in [0.29, 0.717) is 17.0 Å². The molecule has 0 saturated heterocycles. The molecule has 2 nitrogen and oxygen atoms in total. The first-order valence-electron chi connectivity index (χ1n) is 8.28. The molecule has 0 amide bonds. The highest BCUT2D eigenvalue weighted by molar-refractivity contribution is 6.32. The van der Waals surface area contributed by atoms with Gasteiger partial charge in [0.15, 0.2) is 0 Å². The van der Waals surface area contributed by atoms with Crippen LogP contribution in [0.5, 0.6) is 5.75 Å². The van der Waals surface area contributed by atoms with Crippen LogP contribution in [0.3, 0.4) is 0 Å². The van der Waals surface area contributed by atoms with Gasteiger partial charge in [0, 0.05) is 18.5 Å². The van der Waals surface area contributed by atoms with Gasteiger partial charge < -0.3 is 10.0 Å². The van der Waals surface area contributed by atoms with Gasteiger partial charge >= 0.3 is 0 Å². The lowest BCUT2D eigenvalue weighted by Gasteiger charge is -2.38. The molecule has 0 fully saturated rings. The number of hydrogen-bond acceptors (Lipinski definition) is 2. The van der Waals surface area contributed by atoms with Crippen molar-refractivity contribution in [3.8, 4) is 18.6 Å². The molecule has 0 aromatic heterocycles. The summed E-state index contributed by atoms with van der Waals surface area (Å²) in [6.45, 7) is 1.04. The van der Waals surface area contributed by atoms with E-state index in [2.05, 4.69) is 49.1 Å². The van der Waals surface area contributed by atoms with E-state index in [1.807, 2.05) is 12.1 Å². The van der Waals surface area contributed by atoms with Crippen LogP contribution in [-0.2, 0) is 12.8 Å². The van der Waals surface area contributed by atoms with E-state index >= 15 is 0 Å². The number of likely N-dealkylation sites (N-methyl/N-ethyl adjacent to an activating group) is 1. The number of rotatable bonds is 0. The van der Waals surface area contributed by atoms with E-state index in [9.17, 15) is 5.11 Å². The number of phenolic OH excluding ortho intramolecular Hbond substituents is 1. The molecule has 1 aliphatic heterocycles. The molecule has 0 radical (unpaired) electrons. The maximum absolute atomic E-state index is 10.1. The van der Waals surface area contributed by atoms with Crippen LogP contribution in [0.1, 0.15) is 34.6 Å². The van der Waals surface area contributed by atoms with Gasteiger partial charge in [-0.05, 0) is 60.7 Å². The lowest BCUT2D eigenvalue weighted by Crippen LogP contribution is -2.39. The molecule has 1 heterocycles. The quantitative estimate of drug-likeness (QED) is 0.726. The van der Waals surface area contributed by atoms with E-state index < -0.39 is 0 Å².